The van der Waals surface area contributed by atoms with Crippen LogP contribution in [0.3, 0.4) is 0 Å². The first-order chi connectivity index (χ1) is 21.8. The lowest BCUT2D eigenvalue weighted by molar-refractivity contribution is 1.26. The molecular weight excluding hydrogens is 553 g/mol. The molecule has 8 aromatic rings. The Labute approximate surface area is 261 Å². The fourth-order valence-corrected chi connectivity index (χ4v) is 6.97. The van der Waals surface area contributed by atoms with E-state index >= 15 is 0 Å². The number of anilines is 3. The maximum Gasteiger partial charge on any atom is 0.0890 e. The van der Waals surface area contributed by atoms with Crippen molar-refractivity contribution in [1.29, 1.82) is 0 Å². The van der Waals surface area contributed by atoms with E-state index in [9.17, 15) is 0 Å². The molecule has 0 amide bonds. The van der Waals surface area contributed by atoms with Crippen LogP contribution in [0.15, 0.2) is 170 Å². The topological polar surface area (TPSA) is 16.1 Å². The third-order valence-corrected chi connectivity index (χ3v) is 9.25. The Morgan fingerprint density at radius 3 is 1.43 bits per heavy atom. The molecule has 2 aromatic heterocycles. The zero-order valence-corrected chi connectivity index (χ0v) is 24.8. The van der Waals surface area contributed by atoms with Gasteiger partial charge in [-0.1, -0.05) is 127 Å². The quantitative estimate of drug-likeness (QED) is 0.194. The standard InChI is InChI=1S/C41H28N2S/c1-3-9-29(10-4-1)30-15-17-31(18-16-30)32-19-21-33(22-20-32)34-23-25-36(26-24-34)43(35-11-5-2-6-12-35)37-27-40-41(42-28-37)38-13-7-8-14-39(38)44-40/h1-28H. The van der Waals surface area contributed by atoms with E-state index in [1.54, 1.807) is 11.3 Å². The van der Waals surface area contributed by atoms with Crippen LogP contribution in [0.25, 0.3) is 53.7 Å². The summed E-state index contributed by atoms with van der Waals surface area (Å²) >= 11 is 1.79. The highest BCUT2D eigenvalue weighted by Crippen LogP contribution is 2.39. The molecule has 0 radical (unpaired) electrons. The Bertz CT molecular complexity index is 2180. The summed E-state index contributed by atoms with van der Waals surface area (Å²) < 4.78 is 2.45. The van der Waals surface area contributed by atoms with E-state index in [1.165, 1.54) is 48.2 Å². The first-order valence-corrected chi connectivity index (χ1v) is 15.6. The van der Waals surface area contributed by atoms with Crippen molar-refractivity contribution in [3.05, 3.63) is 170 Å². The van der Waals surface area contributed by atoms with Crippen LogP contribution < -0.4 is 4.90 Å². The van der Waals surface area contributed by atoms with Gasteiger partial charge < -0.3 is 4.90 Å². The van der Waals surface area contributed by atoms with Crippen molar-refractivity contribution in [3.8, 4) is 33.4 Å². The molecule has 0 aliphatic heterocycles. The second-order valence-electron chi connectivity index (χ2n) is 10.9. The van der Waals surface area contributed by atoms with E-state index in [4.69, 9.17) is 4.98 Å². The van der Waals surface area contributed by atoms with Crippen molar-refractivity contribution in [2.24, 2.45) is 0 Å². The molecule has 0 saturated heterocycles. The first-order valence-electron chi connectivity index (χ1n) is 14.8. The maximum absolute atomic E-state index is 4.93. The molecule has 0 atom stereocenters. The predicted octanol–water partition coefficient (Wildman–Crippen LogP) is 11.9. The van der Waals surface area contributed by atoms with Gasteiger partial charge in [0, 0.05) is 21.5 Å². The van der Waals surface area contributed by atoms with Crippen molar-refractivity contribution < 1.29 is 0 Å². The highest BCUT2D eigenvalue weighted by molar-refractivity contribution is 7.25. The van der Waals surface area contributed by atoms with Gasteiger partial charge in [-0.2, -0.15) is 0 Å². The summed E-state index contributed by atoms with van der Waals surface area (Å²) in [6, 6.07) is 58.3. The lowest BCUT2D eigenvalue weighted by Gasteiger charge is -2.25. The number of pyridine rings is 1. The summed E-state index contributed by atoms with van der Waals surface area (Å²) in [6.45, 7) is 0. The Kier molecular flexibility index (Phi) is 6.71. The molecule has 0 aliphatic rings. The number of rotatable bonds is 6. The molecule has 0 bridgehead atoms. The molecule has 3 heteroatoms. The zero-order valence-electron chi connectivity index (χ0n) is 24.0. The van der Waals surface area contributed by atoms with Crippen molar-refractivity contribution in [2.75, 3.05) is 4.90 Å². The Morgan fingerprint density at radius 2 is 0.841 bits per heavy atom. The van der Waals surface area contributed by atoms with Crippen LogP contribution in [-0.4, -0.2) is 4.98 Å². The lowest BCUT2D eigenvalue weighted by Crippen LogP contribution is -2.10. The lowest BCUT2D eigenvalue weighted by atomic mass is 9.98. The summed E-state index contributed by atoms with van der Waals surface area (Å²) in [5.74, 6) is 0. The van der Waals surface area contributed by atoms with Gasteiger partial charge in [0.25, 0.3) is 0 Å². The average Bonchev–Trinajstić information content (AvgIpc) is 3.48. The predicted molar refractivity (Wildman–Crippen MR) is 188 cm³/mol. The molecule has 0 spiro atoms. The number of hydrogen-bond acceptors (Lipinski definition) is 3. The zero-order chi connectivity index (χ0) is 29.3. The van der Waals surface area contributed by atoms with Gasteiger partial charge in [-0.25, -0.2) is 0 Å². The molecular formula is C41H28N2S. The monoisotopic (exact) mass is 580 g/mol. The number of hydrogen-bond donors (Lipinski definition) is 0. The molecule has 2 nitrogen and oxygen atoms in total. The summed E-state index contributed by atoms with van der Waals surface area (Å²) in [5.41, 5.74) is 11.6. The third-order valence-electron chi connectivity index (χ3n) is 8.14. The van der Waals surface area contributed by atoms with Crippen LogP contribution in [-0.2, 0) is 0 Å². The molecule has 6 aromatic carbocycles. The van der Waals surface area contributed by atoms with Crippen LogP contribution >= 0.6 is 11.3 Å². The van der Waals surface area contributed by atoms with E-state index in [2.05, 4.69) is 169 Å². The Hall–Kier alpha value is -5.51. The molecule has 208 valence electrons. The molecule has 0 saturated carbocycles. The molecule has 0 aliphatic carbocycles. The minimum atomic E-state index is 1.05. The van der Waals surface area contributed by atoms with E-state index in [1.807, 2.05) is 6.20 Å². The second-order valence-corrected chi connectivity index (χ2v) is 12.0. The highest BCUT2D eigenvalue weighted by atomic mass is 32.1. The summed E-state index contributed by atoms with van der Waals surface area (Å²) in [7, 11) is 0. The van der Waals surface area contributed by atoms with Crippen molar-refractivity contribution in [1.82, 2.24) is 4.98 Å². The Morgan fingerprint density at radius 1 is 0.386 bits per heavy atom. The fraction of sp³-hybridized carbons (Fsp3) is 0. The molecule has 2 heterocycles. The number of fused-ring (bicyclic) bond motifs is 3. The molecule has 8 rings (SSSR count). The highest BCUT2D eigenvalue weighted by Gasteiger charge is 2.15. The minimum Gasteiger partial charge on any atom is -0.309 e. The third kappa shape index (κ3) is 4.94. The van der Waals surface area contributed by atoms with Gasteiger partial charge in [-0.15, -0.1) is 11.3 Å². The van der Waals surface area contributed by atoms with Crippen LogP contribution in [0, 0.1) is 0 Å². The minimum absolute atomic E-state index is 1.05. The summed E-state index contributed by atoms with van der Waals surface area (Å²) in [5, 5.41) is 1.21. The van der Waals surface area contributed by atoms with E-state index < -0.39 is 0 Å². The smallest absolute Gasteiger partial charge is 0.0890 e. The number of nitrogens with zero attached hydrogens (tertiary/aromatic N) is 2. The van der Waals surface area contributed by atoms with Gasteiger partial charge in [0.15, 0.2) is 0 Å². The van der Waals surface area contributed by atoms with E-state index in [-0.39, 0.29) is 0 Å². The van der Waals surface area contributed by atoms with Crippen molar-refractivity contribution in [3.63, 3.8) is 0 Å². The number of benzene rings is 6. The number of thiophene rings is 1. The summed E-state index contributed by atoms with van der Waals surface area (Å²) in [4.78, 5) is 7.21. The average molecular weight is 581 g/mol. The normalized spacial score (nSPS) is 11.2. The van der Waals surface area contributed by atoms with Crippen molar-refractivity contribution >= 4 is 48.7 Å². The number of para-hydroxylation sites is 1. The Balaban J connectivity index is 1.08. The van der Waals surface area contributed by atoms with Gasteiger partial charge in [0.1, 0.15) is 0 Å². The molecule has 0 unspecified atom stereocenters. The molecule has 0 fully saturated rings. The maximum atomic E-state index is 4.93. The summed E-state index contributed by atoms with van der Waals surface area (Å²) in [6.07, 6.45) is 1.99. The fourth-order valence-electron chi connectivity index (χ4n) is 5.87. The van der Waals surface area contributed by atoms with Gasteiger partial charge >= 0.3 is 0 Å². The molecule has 44 heavy (non-hydrogen) atoms. The van der Waals surface area contributed by atoms with Crippen LogP contribution in [0.1, 0.15) is 0 Å². The van der Waals surface area contributed by atoms with Crippen LogP contribution in [0.5, 0.6) is 0 Å². The van der Waals surface area contributed by atoms with Crippen molar-refractivity contribution in [2.45, 2.75) is 0 Å². The molecule has 0 N–H and O–H groups in total. The SMILES string of the molecule is c1ccc(-c2ccc(-c3ccc(-c4ccc(N(c5ccccc5)c5cnc6c(c5)sc5ccccc56)cc4)cc3)cc2)cc1. The largest absolute Gasteiger partial charge is 0.309 e. The van der Waals surface area contributed by atoms with Crippen LogP contribution in [0.2, 0.25) is 0 Å². The van der Waals surface area contributed by atoms with Gasteiger partial charge in [0.05, 0.1) is 22.1 Å². The van der Waals surface area contributed by atoms with Gasteiger partial charge in [-0.3, -0.25) is 4.98 Å². The van der Waals surface area contributed by atoms with Crippen LogP contribution in [0.4, 0.5) is 17.1 Å². The van der Waals surface area contributed by atoms with E-state index in [0.29, 0.717) is 0 Å². The van der Waals surface area contributed by atoms with Gasteiger partial charge in [0.2, 0.25) is 0 Å². The van der Waals surface area contributed by atoms with E-state index in [0.717, 1.165) is 22.6 Å². The second kappa shape index (κ2) is 11.3. The first kappa shape index (κ1) is 26.1. The number of aromatic nitrogens is 1. The van der Waals surface area contributed by atoms with Gasteiger partial charge in [-0.05, 0) is 69.8 Å².